The highest BCUT2D eigenvalue weighted by atomic mass is 19.1. The molecule has 1 atom stereocenters. The third kappa shape index (κ3) is 4.13. The van der Waals surface area contributed by atoms with Gasteiger partial charge in [-0.25, -0.2) is 14.4 Å². The highest BCUT2D eigenvalue weighted by Gasteiger charge is 2.26. The van der Waals surface area contributed by atoms with Gasteiger partial charge in [-0.1, -0.05) is 12.1 Å². The number of halogens is 1. The maximum Gasteiger partial charge on any atom is 0.163 e. The standard InChI is InChI=1S/C23H26FN5O2/c1-15-4-3-5-18(22(15)24)27-23-17-10-21-20(11-19(17)25-14-26-23)30-13-16(31-21)12-29-8-6-28(2)7-9-29/h3-5,10-11,14,16H,6-9,12-13H2,1-2H3,(H,25,26,27)/t16-/m1/s1. The van der Waals surface area contributed by atoms with Gasteiger partial charge in [-0.2, -0.15) is 0 Å². The van der Waals surface area contributed by atoms with Gasteiger partial charge in [0, 0.05) is 44.2 Å². The molecule has 31 heavy (non-hydrogen) atoms. The number of hydrogen-bond donors (Lipinski definition) is 1. The minimum Gasteiger partial charge on any atom is -0.486 e. The summed E-state index contributed by atoms with van der Waals surface area (Å²) in [4.78, 5) is 13.4. The molecule has 162 valence electrons. The van der Waals surface area contributed by atoms with E-state index in [9.17, 15) is 4.39 Å². The van der Waals surface area contributed by atoms with Gasteiger partial charge < -0.3 is 19.7 Å². The fourth-order valence-electron chi connectivity index (χ4n) is 4.04. The number of likely N-dealkylation sites (N-methyl/N-ethyl adjacent to an activating group) is 1. The highest BCUT2D eigenvalue weighted by Crippen LogP contribution is 2.38. The zero-order valence-electron chi connectivity index (χ0n) is 17.8. The van der Waals surface area contributed by atoms with Crippen molar-refractivity contribution in [1.82, 2.24) is 19.8 Å². The van der Waals surface area contributed by atoms with E-state index in [1.165, 1.54) is 6.33 Å². The van der Waals surface area contributed by atoms with Crippen LogP contribution >= 0.6 is 0 Å². The van der Waals surface area contributed by atoms with Crippen LogP contribution in [-0.4, -0.2) is 72.3 Å². The molecule has 0 amide bonds. The third-order valence-corrected chi connectivity index (χ3v) is 5.92. The van der Waals surface area contributed by atoms with Crippen LogP contribution in [0.25, 0.3) is 10.9 Å². The zero-order valence-corrected chi connectivity index (χ0v) is 17.8. The maximum atomic E-state index is 14.5. The molecule has 0 bridgehead atoms. The summed E-state index contributed by atoms with van der Waals surface area (Å²) in [5.74, 6) is 1.58. The average Bonchev–Trinajstić information content (AvgIpc) is 2.77. The molecule has 2 aromatic carbocycles. The smallest absolute Gasteiger partial charge is 0.163 e. The number of nitrogens with one attached hydrogen (secondary N) is 1. The largest absolute Gasteiger partial charge is 0.486 e. The normalized spacial score (nSPS) is 19.5. The van der Waals surface area contributed by atoms with Crippen molar-refractivity contribution in [2.45, 2.75) is 13.0 Å². The minimum atomic E-state index is -0.293. The summed E-state index contributed by atoms with van der Waals surface area (Å²) in [6.07, 6.45) is 1.42. The van der Waals surface area contributed by atoms with Crippen LogP contribution in [0.2, 0.25) is 0 Å². The van der Waals surface area contributed by atoms with Crippen LogP contribution in [0.3, 0.4) is 0 Å². The fourth-order valence-corrected chi connectivity index (χ4v) is 4.04. The van der Waals surface area contributed by atoms with Gasteiger partial charge in [-0.3, -0.25) is 4.90 Å². The number of aryl methyl sites for hydroxylation is 1. The molecule has 0 spiro atoms. The Balaban J connectivity index is 1.39. The quantitative estimate of drug-likeness (QED) is 0.691. The molecular weight excluding hydrogens is 397 g/mol. The van der Waals surface area contributed by atoms with Crippen molar-refractivity contribution in [1.29, 1.82) is 0 Å². The number of nitrogens with zero attached hydrogens (tertiary/aromatic N) is 4. The Labute approximate surface area is 180 Å². The van der Waals surface area contributed by atoms with Crippen molar-refractivity contribution in [3.05, 3.63) is 48.0 Å². The van der Waals surface area contributed by atoms with E-state index in [2.05, 4.69) is 32.1 Å². The predicted molar refractivity (Wildman–Crippen MR) is 118 cm³/mol. The molecule has 3 heterocycles. The Kier molecular flexibility index (Phi) is 5.33. The molecule has 3 aromatic rings. The van der Waals surface area contributed by atoms with Crippen molar-refractivity contribution >= 4 is 22.4 Å². The van der Waals surface area contributed by atoms with Crippen LogP contribution in [0.4, 0.5) is 15.9 Å². The monoisotopic (exact) mass is 423 g/mol. The summed E-state index contributed by atoms with van der Waals surface area (Å²) in [6, 6.07) is 8.99. The lowest BCUT2D eigenvalue weighted by atomic mass is 10.1. The van der Waals surface area contributed by atoms with E-state index in [0.29, 0.717) is 40.7 Å². The Morgan fingerprint density at radius 3 is 2.81 bits per heavy atom. The first-order chi connectivity index (χ1) is 15.1. The van der Waals surface area contributed by atoms with Crippen LogP contribution < -0.4 is 14.8 Å². The van der Waals surface area contributed by atoms with Crippen molar-refractivity contribution < 1.29 is 13.9 Å². The molecule has 0 unspecified atom stereocenters. The van der Waals surface area contributed by atoms with Crippen LogP contribution in [0.15, 0.2) is 36.7 Å². The molecule has 2 aliphatic heterocycles. The number of benzene rings is 2. The molecule has 1 aromatic heterocycles. The maximum absolute atomic E-state index is 14.5. The molecule has 0 saturated carbocycles. The molecule has 1 fully saturated rings. The van der Waals surface area contributed by atoms with Crippen LogP contribution in [0.1, 0.15) is 5.56 Å². The Morgan fingerprint density at radius 1 is 1.13 bits per heavy atom. The molecule has 2 aliphatic rings. The van der Waals surface area contributed by atoms with Gasteiger partial charge in [-0.15, -0.1) is 0 Å². The number of fused-ring (bicyclic) bond motifs is 2. The summed E-state index contributed by atoms with van der Waals surface area (Å²) in [5.41, 5.74) is 1.66. The van der Waals surface area contributed by atoms with Crippen molar-refractivity contribution in [3.8, 4) is 11.5 Å². The van der Waals surface area contributed by atoms with Gasteiger partial charge in [0.25, 0.3) is 0 Å². The molecule has 0 aliphatic carbocycles. The van der Waals surface area contributed by atoms with Crippen molar-refractivity contribution in [3.63, 3.8) is 0 Å². The second-order valence-electron chi connectivity index (χ2n) is 8.25. The van der Waals surface area contributed by atoms with E-state index in [1.807, 2.05) is 18.2 Å². The molecule has 0 radical (unpaired) electrons. The lowest BCUT2D eigenvalue weighted by molar-refractivity contribution is 0.0442. The second kappa shape index (κ2) is 8.28. The fraction of sp³-hybridized carbons (Fsp3) is 0.391. The second-order valence-corrected chi connectivity index (χ2v) is 8.25. The zero-order chi connectivity index (χ0) is 21.4. The minimum absolute atomic E-state index is 0.0383. The first kappa shape index (κ1) is 20.0. The predicted octanol–water partition coefficient (Wildman–Crippen LogP) is 3.21. The topological polar surface area (TPSA) is 62.8 Å². The lowest BCUT2D eigenvalue weighted by Gasteiger charge is -2.36. The number of aromatic nitrogens is 2. The Bertz CT molecular complexity index is 1100. The lowest BCUT2D eigenvalue weighted by Crippen LogP contribution is -2.49. The first-order valence-electron chi connectivity index (χ1n) is 10.6. The van der Waals surface area contributed by atoms with Crippen molar-refractivity contribution in [2.75, 3.05) is 51.7 Å². The molecular formula is C23H26FN5O2. The van der Waals surface area contributed by atoms with Gasteiger partial charge in [0.1, 0.15) is 30.7 Å². The van der Waals surface area contributed by atoms with Crippen LogP contribution in [0, 0.1) is 12.7 Å². The molecule has 7 nitrogen and oxygen atoms in total. The van der Waals surface area contributed by atoms with E-state index >= 15 is 0 Å². The third-order valence-electron chi connectivity index (χ3n) is 5.92. The number of hydrogen-bond acceptors (Lipinski definition) is 7. The van der Waals surface area contributed by atoms with Crippen LogP contribution in [0.5, 0.6) is 11.5 Å². The Morgan fingerprint density at radius 2 is 1.97 bits per heavy atom. The van der Waals surface area contributed by atoms with Crippen LogP contribution in [-0.2, 0) is 0 Å². The van der Waals surface area contributed by atoms with Gasteiger partial charge >= 0.3 is 0 Å². The molecule has 1 N–H and O–H groups in total. The molecule has 5 rings (SSSR count). The SMILES string of the molecule is Cc1cccc(Nc2ncnc3cc4c(cc23)O[C@H](CN2CCN(C)CC2)CO4)c1F. The molecule has 1 saturated heterocycles. The van der Waals surface area contributed by atoms with E-state index in [-0.39, 0.29) is 11.9 Å². The van der Waals surface area contributed by atoms with E-state index < -0.39 is 0 Å². The Hall–Kier alpha value is -2.97. The van der Waals surface area contributed by atoms with Crippen molar-refractivity contribution in [2.24, 2.45) is 0 Å². The number of ether oxygens (including phenoxy) is 2. The summed E-state index contributed by atoms with van der Waals surface area (Å²) < 4.78 is 26.8. The summed E-state index contributed by atoms with van der Waals surface area (Å²) >= 11 is 0. The van der Waals surface area contributed by atoms with Gasteiger partial charge in [0.15, 0.2) is 11.5 Å². The summed E-state index contributed by atoms with van der Waals surface area (Å²) in [5, 5.41) is 3.86. The van der Waals surface area contributed by atoms with Gasteiger partial charge in [-0.05, 0) is 31.7 Å². The average molecular weight is 423 g/mol. The number of piperazine rings is 1. The molecule has 8 heteroatoms. The number of anilines is 2. The first-order valence-corrected chi connectivity index (χ1v) is 10.6. The van der Waals surface area contributed by atoms with E-state index in [0.717, 1.165) is 38.1 Å². The highest BCUT2D eigenvalue weighted by molar-refractivity contribution is 5.93. The van der Waals surface area contributed by atoms with E-state index in [1.54, 1.807) is 19.1 Å². The summed E-state index contributed by atoms with van der Waals surface area (Å²) in [7, 11) is 2.15. The van der Waals surface area contributed by atoms with E-state index in [4.69, 9.17) is 9.47 Å². The van der Waals surface area contributed by atoms with Gasteiger partial charge in [0.05, 0.1) is 11.2 Å². The van der Waals surface area contributed by atoms with Gasteiger partial charge in [0.2, 0.25) is 0 Å². The summed E-state index contributed by atoms with van der Waals surface area (Å²) in [6.45, 7) is 7.27. The number of rotatable bonds is 4.